The highest BCUT2D eigenvalue weighted by Crippen LogP contribution is 2.28. The Morgan fingerprint density at radius 3 is 2.74 bits per heavy atom. The quantitative estimate of drug-likeness (QED) is 0.774. The summed E-state index contributed by atoms with van der Waals surface area (Å²) in [4.78, 5) is 0. The molecule has 3 rings (SSSR count). The average Bonchev–Trinajstić information content (AvgIpc) is 2.81. The summed E-state index contributed by atoms with van der Waals surface area (Å²) in [6, 6.07) is 14.8. The first-order valence-electron chi connectivity index (χ1n) is 5.81. The van der Waals surface area contributed by atoms with E-state index in [1.165, 1.54) is 0 Å². The predicted octanol–water partition coefficient (Wildman–Crippen LogP) is 4.48. The van der Waals surface area contributed by atoms with E-state index in [0.717, 1.165) is 15.6 Å². The van der Waals surface area contributed by atoms with Crippen molar-refractivity contribution < 1.29 is 14.3 Å². The molecule has 0 aliphatic carbocycles. The third-order valence-corrected chi connectivity index (χ3v) is 3.24. The molecule has 0 atom stereocenters. The lowest BCUT2D eigenvalue weighted by Gasteiger charge is -2.03. The Morgan fingerprint density at radius 1 is 1.11 bits per heavy atom. The van der Waals surface area contributed by atoms with Crippen molar-refractivity contribution in [2.75, 3.05) is 0 Å². The summed E-state index contributed by atoms with van der Waals surface area (Å²) in [6.45, 7) is 0.324. The molecule has 0 unspecified atom stereocenters. The van der Waals surface area contributed by atoms with E-state index in [4.69, 9.17) is 9.15 Å². The molecule has 0 saturated carbocycles. The SMILES string of the molecule is Oc1cccc2cc(COc3cccc(Br)c3)oc12. The van der Waals surface area contributed by atoms with Crippen LogP contribution in [0.2, 0.25) is 0 Å². The maximum absolute atomic E-state index is 9.67. The van der Waals surface area contributed by atoms with E-state index in [0.29, 0.717) is 18.0 Å². The minimum absolute atomic E-state index is 0.145. The van der Waals surface area contributed by atoms with Crippen LogP contribution in [0.15, 0.2) is 57.4 Å². The van der Waals surface area contributed by atoms with Crippen molar-refractivity contribution in [1.82, 2.24) is 0 Å². The van der Waals surface area contributed by atoms with Gasteiger partial charge in [-0.25, -0.2) is 0 Å². The topological polar surface area (TPSA) is 42.6 Å². The van der Waals surface area contributed by atoms with Crippen LogP contribution in [0.25, 0.3) is 11.0 Å². The number of rotatable bonds is 3. The number of aromatic hydroxyl groups is 1. The number of phenolic OH excluding ortho intramolecular Hbond substituents is 1. The van der Waals surface area contributed by atoms with Gasteiger partial charge in [0.2, 0.25) is 0 Å². The van der Waals surface area contributed by atoms with Crippen LogP contribution in [-0.2, 0) is 6.61 Å². The first-order valence-corrected chi connectivity index (χ1v) is 6.60. The highest BCUT2D eigenvalue weighted by atomic mass is 79.9. The van der Waals surface area contributed by atoms with Crippen LogP contribution < -0.4 is 4.74 Å². The second-order valence-electron chi connectivity index (χ2n) is 4.15. The van der Waals surface area contributed by atoms with Gasteiger partial charge >= 0.3 is 0 Å². The van der Waals surface area contributed by atoms with Crippen LogP contribution >= 0.6 is 15.9 Å². The van der Waals surface area contributed by atoms with E-state index < -0.39 is 0 Å². The summed E-state index contributed by atoms with van der Waals surface area (Å²) in [5.74, 6) is 1.58. The lowest BCUT2D eigenvalue weighted by atomic mass is 10.2. The Kier molecular flexibility index (Phi) is 3.17. The first-order chi connectivity index (χ1) is 9.22. The number of furan rings is 1. The number of hydrogen-bond acceptors (Lipinski definition) is 3. The van der Waals surface area contributed by atoms with Gasteiger partial charge in [-0.1, -0.05) is 34.1 Å². The molecular formula is C15H11BrO3. The lowest BCUT2D eigenvalue weighted by Crippen LogP contribution is -1.93. The van der Waals surface area contributed by atoms with Crippen LogP contribution in [0.5, 0.6) is 11.5 Å². The van der Waals surface area contributed by atoms with Gasteiger partial charge < -0.3 is 14.3 Å². The van der Waals surface area contributed by atoms with Crippen molar-refractivity contribution in [1.29, 1.82) is 0 Å². The molecule has 0 spiro atoms. The summed E-state index contributed by atoms with van der Waals surface area (Å²) in [5, 5.41) is 10.5. The molecule has 2 aromatic carbocycles. The maximum Gasteiger partial charge on any atom is 0.176 e. The molecule has 3 nitrogen and oxygen atoms in total. The third-order valence-electron chi connectivity index (χ3n) is 2.75. The van der Waals surface area contributed by atoms with Gasteiger partial charge in [-0.2, -0.15) is 0 Å². The summed E-state index contributed by atoms with van der Waals surface area (Å²) in [5.41, 5.74) is 0.496. The minimum Gasteiger partial charge on any atom is -0.504 e. The second kappa shape index (κ2) is 4.97. The van der Waals surface area contributed by atoms with Crippen LogP contribution in [0, 0.1) is 0 Å². The molecule has 19 heavy (non-hydrogen) atoms. The van der Waals surface area contributed by atoms with E-state index in [1.807, 2.05) is 36.4 Å². The van der Waals surface area contributed by atoms with Crippen molar-refractivity contribution in [2.24, 2.45) is 0 Å². The number of para-hydroxylation sites is 1. The van der Waals surface area contributed by atoms with Gasteiger partial charge in [0.15, 0.2) is 11.3 Å². The highest BCUT2D eigenvalue weighted by Gasteiger charge is 2.07. The Morgan fingerprint density at radius 2 is 1.95 bits per heavy atom. The molecule has 96 valence electrons. The van der Waals surface area contributed by atoms with E-state index in [2.05, 4.69) is 15.9 Å². The van der Waals surface area contributed by atoms with Crippen molar-refractivity contribution in [3.8, 4) is 11.5 Å². The van der Waals surface area contributed by atoms with E-state index >= 15 is 0 Å². The van der Waals surface area contributed by atoms with Crippen molar-refractivity contribution in [3.05, 3.63) is 58.8 Å². The largest absolute Gasteiger partial charge is 0.504 e. The molecule has 0 bridgehead atoms. The molecule has 1 N–H and O–H groups in total. The van der Waals surface area contributed by atoms with E-state index in [-0.39, 0.29) is 5.75 Å². The minimum atomic E-state index is 0.145. The smallest absolute Gasteiger partial charge is 0.176 e. The van der Waals surface area contributed by atoms with Crippen LogP contribution in [0.3, 0.4) is 0 Å². The number of phenols is 1. The van der Waals surface area contributed by atoms with Gasteiger partial charge in [0.1, 0.15) is 18.1 Å². The fourth-order valence-corrected chi connectivity index (χ4v) is 2.26. The Bertz CT molecular complexity index is 718. The maximum atomic E-state index is 9.67. The first kappa shape index (κ1) is 12.1. The van der Waals surface area contributed by atoms with Crippen LogP contribution in [-0.4, -0.2) is 5.11 Å². The van der Waals surface area contributed by atoms with Gasteiger partial charge in [0, 0.05) is 9.86 Å². The Labute approximate surface area is 118 Å². The molecule has 4 heteroatoms. The summed E-state index contributed by atoms with van der Waals surface area (Å²) >= 11 is 3.39. The van der Waals surface area contributed by atoms with Gasteiger partial charge in [-0.3, -0.25) is 0 Å². The fraction of sp³-hybridized carbons (Fsp3) is 0.0667. The van der Waals surface area contributed by atoms with E-state index in [9.17, 15) is 5.11 Å². The Hall–Kier alpha value is -1.94. The van der Waals surface area contributed by atoms with Crippen molar-refractivity contribution in [2.45, 2.75) is 6.61 Å². The molecule has 0 fully saturated rings. The number of ether oxygens (including phenoxy) is 1. The van der Waals surface area contributed by atoms with Gasteiger partial charge in [-0.15, -0.1) is 0 Å². The molecule has 0 aliphatic rings. The number of benzene rings is 2. The third kappa shape index (κ3) is 2.58. The van der Waals surface area contributed by atoms with Crippen LogP contribution in [0.4, 0.5) is 0 Å². The molecule has 1 heterocycles. The molecule has 0 radical (unpaired) electrons. The predicted molar refractivity (Wildman–Crippen MR) is 76.4 cm³/mol. The molecular weight excluding hydrogens is 308 g/mol. The summed E-state index contributed by atoms with van der Waals surface area (Å²) in [7, 11) is 0. The zero-order chi connectivity index (χ0) is 13.2. The normalized spacial score (nSPS) is 10.8. The summed E-state index contributed by atoms with van der Waals surface area (Å²) < 4.78 is 12.2. The molecule has 0 aliphatic heterocycles. The van der Waals surface area contributed by atoms with Gasteiger partial charge in [-0.05, 0) is 30.3 Å². The van der Waals surface area contributed by atoms with Crippen molar-refractivity contribution >= 4 is 26.9 Å². The molecule has 0 saturated heterocycles. The highest BCUT2D eigenvalue weighted by molar-refractivity contribution is 9.10. The molecule has 3 aromatic rings. The van der Waals surface area contributed by atoms with E-state index in [1.54, 1.807) is 12.1 Å². The van der Waals surface area contributed by atoms with Crippen molar-refractivity contribution in [3.63, 3.8) is 0 Å². The lowest BCUT2D eigenvalue weighted by molar-refractivity contribution is 0.273. The van der Waals surface area contributed by atoms with Gasteiger partial charge in [0.25, 0.3) is 0 Å². The second-order valence-corrected chi connectivity index (χ2v) is 5.07. The standard InChI is InChI=1S/C15H11BrO3/c16-11-4-2-5-12(8-11)18-9-13-7-10-3-1-6-14(17)15(10)19-13/h1-8,17H,9H2. The molecule has 0 amide bonds. The fourth-order valence-electron chi connectivity index (χ4n) is 1.88. The zero-order valence-electron chi connectivity index (χ0n) is 9.97. The van der Waals surface area contributed by atoms with Crippen LogP contribution in [0.1, 0.15) is 5.76 Å². The summed E-state index contributed by atoms with van der Waals surface area (Å²) in [6.07, 6.45) is 0. The number of halogens is 1. The monoisotopic (exact) mass is 318 g/mol. The zero-order valence-corrected chi connectivity index (χ0v) is 11.6. The molecule has 1 aromatic heterocycles. The Balaban J connectivity index is 1.80. The number of fused-ring (bicyclic) bond motifs is 1. The average molecular weight is 319 g/mol. The van der Waals surface area contributed by atoms with Gasteiger partial charge in [0.05, 0.1) is 0 Å². The number of hydrogen-bond donors (Lipinski definition) is 1.